The topological polar surface area (TPSA) is 84.3 Å². The highest BCUT2D eigenvalue weighted by atomic mass is 19.4. The van der Waals surface area contributed by atoms with Crippen LogP contribution in [0.25, 0.3) is 22.0 Å². The van der Waals surface area contributed by atoms with Crippen LogP contribution in [-0.2, 0) is 24.4 Å². The van der Waals surface area contributed by atoms with Crippen LogP contribution < -0.4 is 15.8 Å². The van der Waals surface area contributed by atoms with E-state index in [9.17, 15) is 27.6 Å². The van der Waals surface area contributed by atoms with Gasteiger partial charge in [-0.1, -0.05) is 18.2 Å². The van der Waals surface area contributed by atoms with E-state index in [1.807, 2.05) is 30.9 Å². The summed E-state index contributed by atoms with van der Waals surface area (Å²) in [5.74, 6) is -0.598. The third kappa shape index (κ3) is 6.48. The van der Waals surface area contributed by atoms with Gasteiger partial charge in [0.05, 0.1) is 11.1 Å². The number of aryl methyl sites for hydroxylation is 3. The molecule has 7 nitrogen and oxygen atoms in total. The number of carbonyl (C=O) groups excluding carboxylic acids is 2. The van der Waals surface area contributed by atoms with Gasteiger partial charge in [0.15, 0.2) is 5.78 Å². The van der Waals surface area contributed by atoms with Crippen LogP contribution in [0, 0.1) is 13.8 Å². The minimum atomic E-state index is -4.62. The van der Waals surface area contributed by atoms with Crippen LogP contribution in [-0.4, -0.2) is 40.4 Å². The van der Waals surface area contributed by atoms with Crippen molar-refractivity contribution in [3.8, 4) is 11.1 Å². The molecule has 1 amide bonds. The van der Waals surface area contributed by atoms with E-state index in [0.29, 0.717) is 48.3 Å². The Morgan fingerprint density at radius 3 is 2.40 bits per heavy atom. The van der Waals surface area contributed by atoms with E-state index in [1.54, 1.807) is 36.0 Å². The van der Waals surface area contributed by atoms with E-state index in [2.05, 4.69) is 10.3 Å². The number of nitrogens with one attached hydrogen (secondary N) is 1. The van der Waals surface area contributed by atoms with Gasteiger partial charge < -0.3 is 14.8 Å². The first kappa shape index (κ1) is 30.0. The van der Waals surface area contributed by atoms with Gasteiger partial charge in [-0.25, -0.2) is 0 Å². The van der Waals surface area contributed by atoms with E-state index in [-0.39, 0.29) is 29.5 Å². The Labute approximate surface area is 247 Å². The number of alkyl halides is 3. The van der Waals surface area contributed by atoms with Gasteiger partial charge in [0.25, 0.3) is 5.56 Å². The molecule has 1 fully saturated rings. The second-order valence-electron chi connectivity index (χ2n) is 11.3. The SMILES string of the molecule is CC(=O)NC1CCN(c2cc(C(=O)Cc3ccc(C)c(-c4cc5cnc(C)cc5n(C)c4=O)c3)cc(C(F)(F)F)c2)CC1. The number of hydrogen-bond acceptors (Lipinski definition) is 5. The fourth-order valence-corrected chi connectivity index (χ4v) is 5.70. The Morgan fingerprint density at radius 2 is 1.72 bits per heavy atom. The number of hydrogen-bond donors (Lipinski definition) is 1. The highest BCUT2D eigenvalue weighted by Gasteiger charge is 2.33. The highest BCUT2D eigenvalue weighted by Crippen LogP contribution is 2.34. The quantitative estimate of drug-likeness (QED) is 0.289. The second kappa shape index (κ2) is 11.7. The van der Waals surface area contributed by atoms with Crippen molar-refractivity contribution in [1.29, 1.82) is 0 Å². The first-order valence-electron chi connectivity index (χ1n) is 14.1. The summed E-state index contributed by atoms with van der Waals surface area (Å²) in [7, 11) is 1.70. The van der Waals surface area contributed by atoms with Crippen LogP contribution in [0.15, 0.2) is 59.5 Å². The van der Waals surface area contributed by atoms with E-state index >= 15 is 0 Å². The monoisotopic (exact) mass is 590 g/mol. The lowest BCUT2D eigenvalue weighted by Crippen LogP contribution is -2.44. The summed E-state index contributed by atoms with van der Waals surface area (Å²) in [5, 5.41) is 3.65. The van der Waals surface area contributed by atoms with E-state index in [1.165, 1.54) is 13.0 Å². The van der Waals surface area contributed by atoms with Gasteiger partial charge in [0.2, 0.25) is 5.91 Å². The molecule has 1 aliphatic heterocycles. The molecule has 2 aromatic carbocycles. The van der Waals surface area contributed by atoms with Crippen molar-refractivity contribution in [3.05, 3.63) is 93.0 Å². The number of rotatable bonds is 6. The fraction of sp³-hybridized carbons (Fsp3) is 0.333. The van der Waals surface area contributed by atoms with Crippen molar-refractivity contribution in [2.24, 2.45) is 7.05 Å². The number of nitrogens with zero attached hydrogens (tertiary/aromatic N) is 3. The van der Waals surface area contributed by atoms with Gasteiger partial charge >= 0.3 is 6.18 Å². The molecule has 0 radical (unpaired) electrons. The summed E-state index contributed by atoms with van der Waals surface area (Å²) < 4.78 is 43.2. The smallest absolute Gasteiger partial charge is 0.371 e. The van der Waals surface area contributed by atoms with Crippen LogP contribution in [0.3, 0.4) is 0 Å². The summed E-state index contributed by atoms with van der Waals surface area (Å²) in [5.41, 5.74) is 3.29. The normalized spacial score (nSPS) is 14.3. The zero-order valence-electron chi connectivity index (χ0n) is 24.5. The van der Waals surface area contributed by atoms with Crippen molar-refractivity contribution in [2.45, 2.75) is 52.3 Å². The molecule has 0 aliphatic carbocycles. The molecule has 43 heavy (non-hydrogen) atoms. The first-order valence-corrected chi connectivity index (χ1v) is 14.1. The number of piperidine rings is 1. The number of amides is 1. The maximum atomic E-state index is 13.9. The van der Waals surface area contributed by atoms with Crippen molar-refractivity contribution in [2.75, 3.05) is 18.0 Å². The molecule has 10 heteroatoms. The standard InChI is InChI=1S/C33H33F3N4O3/c1-19-5-6-22(12-28(19)29-16-24-18-37-20(2)11-30(24)39(4)32(29)43)13-31(42)23-14-25(33(34,35)36)17-27(15-23)40-9-7-26(8-10-40)38-21(3)41/h5-6,11-12,14-18,26H,7-10,13H2,1-4H3,(H,38,41). The lowest BCUT2D eigenvalue weighted by Gasteiger charge is -2.34. The van der Waals surface area contributed by atoms with Gasteiger partial charge in [-0.2, -0.15) is 13.2 Å². The van der Waals surface area contributed by atoms with Crippen molar-refractivity contribution in [1.82, 2.24) is 14.9 Å². The molecule has 5 rings (SSSR count). The number of pyridine rings is 2. The molecule has 0 spiro atoms. The number of Topliss-reactive ketones (excluding diaryl/α,β-unsaturated/α-hetero) is 1. The number of benzene rings is 2. The first-order chi connectivity index (χ1) is 20.3. The molecule has 0 atom stereocenters. The Balaban J connectivity index is 1.45. The highest BCUT2D eigenvalue weighted by molar-refractivity contribution is 5.99. The molecule has 4 aromatic rings. The average molecular weight is 591 g/mol. The zero-order chi connectivity index (χ0) is 31.1. The van der Waals surface area contributed by atoms with Crippen LogP contribution in [0.1, 0.15) is 52.5 Å². The molecule has 1 N–H and O–H groups in total. The maximum Gasteiger partial charge on any atom is 0.416 e. The Bertz CT molecular complexity index is 1790. The average Bonchev–Trinajstić information content (AvgIpc) is 2.95. The van der Waals surface area contributed by atoms with E-state index in [0.717, 1.165) is 34.3 Å². The summed E-state index contributed by atoms with van der Waals surface area (Å²) in [6.07, 6.45) is -1.86. The minimum Gasteiger partial charge on any atom is -0.371 e. The van der Waals surface area contributed by atoms with Gasteiger partial charge in [-0.3, -0.25) is 19.4 Å². The van der Waals surface area contributed by atoms with Crippen molar-refractivity contribution in [3.63, 3.8) is 0 Å². The zero-order valence-corrected chi connectivity index (χ0v) is 24.5. The third-order valence-electron chi connectivity index (χ3n) is 8.04. The van der Waals surface area contributed by atoms with E-state index < -0.39 is 17.5 Å². The van der Waals surface area contributed by atoms with Gasteiger partial charge in [-0.05, 0) is 73.7 Å². The number of halogens is 3. The van der Waals surface area contributed by atoms with Crippen LogP contribution in [0.5, 0.6) is 0 Å². The maximum absolute atomic E-state index is 13.9. The number of aromatic nitrogens is 2. The van der Waals surface area contributed by atoms with Crippen LogP contribution in [0.2, 0.25) is 0 Å². The molecule has 0 bridgehead atoms. The molecule has 0 unspecified atom stereocenters. The molecule has 0 saturated carbocycles. The minimum absolute atomic E-state index is 0.0287. The van der Waals surface area contributed by atoms with Crippen LogP contribution in [0.4, 0.5) is 18.9 Å². The molecule has 224 valence electrons. The predicted molar refractivity (Wildman–Crippen MR) is 160 cm³/mol. The Morgan fingerprint density at radius 1 is 1.00 bits per heavy atom. The number of ketones is 1. The molecule has 3 heterocycles. The summed E-state index contributed by atoms with van der Waals surface area (Å²) in [4.78, 5) is 44.4. The molecule has 1 aliphatic rings. The molecule has 2 aromatic heterocycles. The van der Waals surface area contributed by atoms with Crippen molar-refractivity contribution >= 4 is 28.3 Å². The largest absolute Gasteiger partial charge is 0.416 e. The van der Waals surface area contributed by atoms with Gasteiger partial charge in [-0.15, -0.1) is 0 Å². The number of carbonyl (C=O) groups is 2. The van der Waals surface area contributed by atoms with Crippen molar-refractivity contribution < 1.29 is 22.8 Å². The van der Waals surface area contributed by atoms with Gasteiger partial charge in [0.1, 0.15) is 0 Å². The number of fused-ring (bicyclic) bond motifs is 1. The Hall–Kier alpha value is -4.47. The third-order valence-corrected chi connectivity index (χ3v) is 8.04. The number of anilines is 1. The molecular weight excluding hydrogens is 557 g/mol. The fourth-order valence-electron chi connectivity index (χ4n) is 5.70. The molecular formula is C33H33F3N4O3. The lowest BCUT2D eigenvalue weighted by atomic mass is 9.94. The lowest BCUT2D eigenvalue weighted by molar-refractivity contribution is -0.137. The Kier molecular flexibility index (Phi) is 8.14. The molecule has 1 saturated heterocycles. The second-order valence-corrected chi connectivity index (χ2v) is 11.3. The predicted octanol–water partition coefficient (Wildman–Crippen LogP) is 5.77. The van der Waals surface area contributed by atoms with E-state index in [4.69, 9.17) is 0 Å². The van der Waals surface area contributed by atoms with Crippen LogP contribution >= 0.6 is 0 Å². The van der Waals surface area contributed by atoms with Gasteiger partial charge in [0, 0.05) is 73.6 Å². The summed E-state index contributed by atoms with van der Waals surface area (Å²) in [6.45, 7) is 6.07. The summed E-state index contributed by atoms with van der Waals surface area (Å²) >= 11 is 0. The summed E-state index contributed by atoms with van der Waals surface area (Å²) in [6, 6.07) is 12.4.